The number of likely N-dealkylation sites (tertiary alicyclic amines) is 1. The Morgan fingerprint density at radius 3 is 2.83 bits per heavy atom. The van der Waals surface area contributed by atoms with Gasteiger partial charge < -0.3 is 9.47 Å². The predicted octanol–water partition coefficient (Wildman–Crippen LogP) is 3.20. The SMILES string of the molecule is CC(C)n1cnnc1C1CCCN(C(=O)CCc2ccccc2)C1. The minimum atomic E-state index is 0.249. The summed E-state index contributed by atoms with van der Waals surface area (Å²) < 4.78 is 2.13. The van der Waals surface area contributed by atoms with E-state index in [0.29, 0.717) is 18.4 Å². The monoisotopic (exact) mass is 326 g/mol. The molecule has 24 heavy (non-hydrogen) atoms. The highest BCUT2D eigenvalue weighted by atomic mass is 16.2. The molecule has 0 aliphatic carbocycles. The number of aromatic nitrogens is 3. The minimum Gasteiger partial charge on any atom is -0.342 e. The molecule has 5 nitrogen and oxygen atoms in total. The molecule has 1 aromatic carbocycles. The van der Waals surface area contributed by atoms with Crippen LogP contribution in [0.3, 0.4) is 0 Å². The molecule has 1 aromatic heterocycles. The van der Waals surface area contributed by atoms with Crippen molar-refractivity contribution in [2.75, 3.05) is 13.1 Å². The van der Waals surface area contributed by atoms with E-state index in [1.807, 2.05) is 23.1 Å². The molecule has 3 rings (SSSR count). The number of aryl methyl sites for hydroxylation is 1. The van der Waals surface area contributed by atoms with E-state index in [1.165, 1.54) is 5.56 Å². The third-order valence-electron chi connectivity index (χ3n) is 4.77. The van der Waals surface area contributed by atoms with E-state index >= 15 is 0 Å². The summed E-state index contributed by atoms with van der Waals surface area (Å²) in [6.45, 7) is 5.90. The first kappa shape index (κ1) is 16.7. The van der Waals surface area contributed by atoms with E-state index in [1.54, 1.807) is 6.33 Å². The number of benzene rings is 1. The van der Waals surface area contributed by atoms with Crippen molar-refractivity contribution >= 4 is 5.91 Å². The lowest BCUT2D eigenvalue weighted by atomic mass is 9.96. The van der Waals surface area contributed by atoms with Gasteiger partial charge in [-0.15, -0.1) is 10.2 Å². The van der Waals surface area contributed by atoms with Crippen LogP contribution in [-0.2, 0) is 11.2 Å². The highest BCUT2D eigenvalue weighted by Crippen LogP contribution is 2.27. The standard InChI is InChI=1S/C19H26N4O/c1-15(2)23-14-20-21-19(23)17-9-6-12-22(13-17)18(24)11-10-16-7-4-3-5-8-16/h3-5,7-8,14-15,17H,6,9-13H2,1-2H3. The fourth-order valence-electron chi connectivity index (χ4n) is 3.41. The van der Waals surface area contributed by atoms with Crippen LogP contribution in [0, 0.1) is 0 Å². The second-order valence-corrected chi connectivity index (χ2v) is 6.85. The molecule has 1 atom stereocenters. The van der Waals surface area contributed by atoms with Gasteiger partial charge in [0.1, 0.15) is 12.2 Å². The van der Waals surface area contributed by atoms with Gasteiger partial charge in [0.2, 0.25) is 5.91 Å². The molecule has 1 unspecified atom stereocenters. The van der Waals surface area contributed by atoms with E-state index in [-0.39, 0.29) is 5.91 Å². The molecule has 1 fully saturated rings. The Kier molecular flexibility index (Phi) is 5.28. The molecule has 0 spiro atoms. The Morgan fingerprint density at radius 1 is 1.29 bits per heavy atom. The highest BCUT2D eigenvalue weighted by molar-refractivity contribution is 5.76. The Bertz CT molecular complexity index is 665. The number of hydrogen-bond acceptors (Lipinski definition) is 3. The largest absolute Gasteiger partial charge is 0.342 e. The van der Waals surface area contributed by atoms with Gasteiger partial charge in [0.25, 0.3) is 0 Å². The van der Waals surface area contributed by atoms with Gasteiger partial charge in [-0.1, -0.05) is 30.3 Å². The molecule has 0 saturated carbocycles. The average molecular weight is 326 g/mol. The number of carbonyl (C=O) groups excluding carboxylic acids is 1. The molecule has 1 aliphatic heterocycles. The molecule has 2 aromatic rings. The Labute approximate surface area is 143 Å². The number of carbonyl (C=O) groups is 1. The Morgan fingerprint density at radius 2 is 2.08 bits per heavy atom. The average Bonchev–Trinajstić information content (AvgIpc) is 3.11. The van der Waals surface area contributed by atoms with Crippen LogP contribution in [-0.4, -0.2) is 38.7 Å². The van der Waals surface area contributed by atoms with Gasteiger partial charge in [-0.3, -0.25) is 4.79 Å². The lowest BCUT2D eigenvalue weighted by Crippen LogP contribution is -2.40. The Hall–Kier alpha value is -2.17. The second-order valence-electron chi connectivity index (χ2n) is 6.85. The van der Waals surface area contributed by atoms with Crippen molar-refractivity contribution in [3.8, 4) is 0 Å². The van der Waals surface area contributed by atoms with Crippen molar-refractivity contribution in [3.63, 3.8) is 0 Å². The summed E-state index contributed by atoms with van der Waals surface area (Å²) in [4.78, 5) is 14.6. The van der Waals surface area contributed by atoms with Crippen LogP contribution in [0.2, 0.25) is 0 Å². The molecule has 0 N–H and O–H groups in total. The summed E-state index contributed by atoms with van der Waals surface area (Å²) in [5.74, 6) is 1.56. The summed E-state index contributed by atoms with van der Waals surface area (Å²) in [5, 5.41) is 8.40. The van der Waals surface area contributed by atoms with Crippen molar-refractivity contribution in [1.82, 2.24) is 19.7 Å². The normalized spacial score (nSPS) is 18.1. The van der Waals surface area contributed by atoms with Crippen LogP contribution < -0.4 is 0 Å². The quantitative estimate of drug-likeness (QED) is 0.848. The van der Waals surface area contributed by atoms with Gasteiger partial charge in [0.05, 0.1) is 0 Å². The molecule has 5 heteroatoms. The number of hydrogen-bond donors (Lipinski definition) is 0. The van der Waals surface area contributed by atoms with Gasteiger partial charge in [0.15, 0.2) is 0 Å². The van der Waals surface area contributed by atoms with Crippen LogP contribution in [0.5, 0.6) is 0 Å². The third-order valence-corrected chi connectivity index (χ3v) is 4.77. The summed E-state index contributed by atoms with van der Waals surface area (Å²) in [5.41, 5.74) is 1.22. The fourth-order valence-corrected chi connectivity index (χ4v) is 3.41. The van der Waals surface area contributed by atoms with Gasteiger partial charge in [-0.25, -0.2) is 0 Å². The first-order chi connectivity index (χ1) is 11.6. The third kappa shape index (κ3) is 3.83. The van der Waals surface area contributed by atoms with Crippen LogP contribution in [0.25, 0.3) is 0 Å². The van der Waals surface area contributed by atoms with Crippen molar-refractivity contribution in [1.29, 1.82) is 0 Å². The molecule has 1 saturated heterocycles. The summed E-state index contributed by atoms with van der Waals surface area (Å²) in [6, 6.07) is 10.6. The van der Waals surface area contributed by atoms with Gasteiger partial charge >= 0.3 is 0 Å². The van der Waals surface area contributed by atoms with Crippen molar-refractivity contribution in [2.24, 2.45) is 0 Å². The van der Waals surface area contributed by atoms with Crippen LogP contribution in [0.4, 0.5) is 0 Å². The maximum atomic E-state index is 12.6. The lowest BCUT2D eigenvalue weighted by Gasteiger charge is -2.33. The first-order valence-corrected chi connectivity index (χ1v) is 8.86. The zero-order valence-corrected chi connectivity index (χ0v) is 14.6. The Balaban J connectivity index is 1.60. The van der Waals surface area contributed by atoms with E-state index in [2.05, 4.69) is 40.7 Å². The first-order valence-electron chi connectivity index (χ1n) is 8.86. The van der Waals surface area contributed by atoms with E-state index in [9.17, 15) is 4.79 Å². The maximum absolute atomic E-state index is 12.6. The minimum absolute atomic E-state index is 0.249. The molecular formula is C19H26N4O. The van der Waals surface area contributed by atoms with Gasteiger partial charge in [0, 0.05) is 31.5 Å². The van der Waals surface area contributed by atoms with Crippen molar-refractivity contribution < 1.29 is 4.79 Å². The fraction of sp³-hybridized carbons (Fsp3) is 0.526. The number of piperidine rings is 1. The zero-order chi connectivity index (χ0) is 16.9. The van der Waals surface area contributed by atoms with E-state index in [4.69, 9.17) is 0 Å². The van der Waals surface area contributed by atoms with E-state index < -0.39 is 0 Å². The molecule has 1 aliphatic rings. The van der Waals surface area contributed by atoms with Gasteiger partial charge in [-0.05, 0) is 38.7 Å². The van der Waals surface area contributed by atoms with Crippen LogP contribution in [0.15, 0.2) is 36.7 Å². The van der Waals surface area contributed by atoms with Crippen molar-refractivity contribution in [2.45, 2.75) is 51.5 Å². The van der Waals surface area contributed by atoms with E-state index in [0.717, 1.165) is 38.2 Å². The molecule has 0 radical (unpaired) electrons. The number of rotatable bonds is 5. The topological polar surface area (TPSA) is 51.0 Å². The molecule has 2 heterocycles. The summed E-state index contributed by atoms with van der Waals surface area (Å²) in [6.07, 6.45) is 5.30. The zero-order valence-electron chi connectivity index (χ0n) is 14.6. The molecule has 0 bridgehead atoms. The molecular weight excluding hydrogens is 300 g/mol. The predicted molar refractivity (Wildman–Crippen MR) is 93.7 cm³/mol. The van der Waals surface area contributed by atoms with Gasteiger partial charge in [-0.2, -0.15) is 0 Å². The summed E-state index contributed by atoms with van der Waals surface area (Å²) >= 11 is 0. The second kappa shape index (κ2) is 7.60. The molecule has 128 valence electrons. The van der Waals surface area contributed by atoms with Crippen LogP contribution in [0.1, 0.15) is 56.5 Å². The molecule has 1 amide bonds. The smallest absolute Gasteiger partial charge is 0.222 e. The lowest BCUT2D eigenvalue weighted by molar-refractivity contribution is -0.132. The highest BCUT2D eigenvalue weighted by Gasteiger charge is 2.28. The van der Waals surface area contributed by atoms with Crippen molar-refractivity contribution in [3.05, 3.63) is 48.0 Å². The number of amides is 1. The number of nitrogens with zero attached hydrogens (tertiary/aromatic N) is 4. The van der Waals surface area contributed by atoms with Crippen LogP contribution >= 0.6 is 0 Å². The maximum Gasteiger partial charge on any atom is 0.222 e. The summed E-state index contributed by atoms with van der Waals surface area (Å²) in [7, 11) is 0.